The molecule has 2 atom stereocenters. The maximum Gasteiger partial charge on any atom is 0.472 e. The van der Waals surface area contributed by atoms with Gasteiger partial charge in [-0.25, -0.2) is 8.75 Å². The molecule has 0 aromatic heterocycles. The highest BCUT2D eigenvalue weighted by Crippen LogP contribution is 2.43. The molecule has 2 unspecified atom stereocenters. The molecule has 0 spiro atoms. The summed E-state index contributed by atoms with van der Waals surface area (Å²) in [4.78, 5) is 9.94. The fourth-order valence-corrected chi connectivity index (χ4v) is 5.34. The normalized spacial score (nSPS) is 15.0. The third-order valence-electron chi connectivity index (χ3n) is 6.59. The average Bonchev–Trinajstić information content (AvgIpc) is 2.85. The number of hydrogen-bond acceptors (Lipinski definition) is 7. The standard InChI is InChI=1S/C28H61N2O8PS/c1-7-8-9-10-11-12-13-14-15-16-17-18-19-20-21-22-24-35-26-28(38-40(33,34)29(2)3)27-37-39(31,32)36-25-23-30(4,5)6/h28H,7-27H2,1-6H3/p+1. The fourth-order valence-electron chi connectivity index (χ4n) is 3.97. The van der Waals surface area contributed by atoms with Gasteiger partial charge in [-0.1, -0.05) is 103 Å². The number of likely N-dealkylation sites (N-methyl/N-ethyl adjacent to an activating group) is 1. The molecule has 0 radical (unpaired) electrons. The highest BCUT2D eigenvalue weighted by molar-refractivity contribution is 7.84. The second-order valence-electron chi connectivity index (χ2n) is 11.9. The van der Waals surface area contributed by atoms with E-state index >= 15 is 0 Å². The lowest BCUT2D eigenvalue weighted by atomic mass is 10.0. The van der Waals surface area contributed by atoms with E-state index in [9.17, 15) is 17.9 Å². The third-order valence-corrected chi connectivity index (χ3v) is 8.98. The van der Waals surface area contributed by atoms with Gasteiger partial charge in [-0.15, -0.1) is 0 Å². The minimum Gasteiger partial charge on any atom is -0.379 e. The van der Waals surface area contributed by atoms with Crippen molar-refractivity contribution in [3.8, 4) is 0 Å². The first-order chi connectivity index (χ1) is 18.8. The highest BCUT2D eigenvalue weighted by Gasteiger charge is 2.28. The van der Waals surface area contributed by atoms with E-state index in [-0.39, 0.29) is 13.2 Å². The predicted molar refractivity (Wildman–Crippen MR) is 162 cm³/mol. The summed E-state index contributed by atoms with van der Waals surface area (Å²) < 4.78 is 58.8. The molecule has 0 aliphatic carbocycles. The van der Waals surface area contributed by atoms with Crippen molar-refractivity contribution in [2.45, 2.75) is 116 Å². The minimum atomic E-state index is -4.35. The van der Waals surface area contributed by atoms with Crippen LogP contribution in [0.5, 0.6) is 0 Å². The van der Waals surface area contributed by atoms with Crippen molar-refractivity contribution in [3.05, 3.63) is 0 Å². The van der Waals surface area contributed by atoms with Crippen molar-refractivity contribution < 1.29 is 40.3 Å². The Hall–Kier alpha value is -0.100. The lowest BCUT2D eigenvalue weighted by molar-refractivity contribution is -0.870. The Kier molecular flexibility index (Phi) is 23.3. The smallest absolute Gasteiger partial charge is 0.379 e. The summed E-state index contributed by atoms with van der Waals surface area (Å²) >= 11 is 0. The Labute approximate surface area is 246 Å². The van der Waals surface area contributed by atoms with Crippen LogP contribution in [0.1, 0.15) is 110 Å². The maximum atomic E-state index is 12.2. The zero-order chi connectivity index (χ0) is 30.3. The van der Waals surface area contributed by atoms with Gasteiger partial charge in [-0.2, -0.15) is 12.7 Å². The topological polar surface area (TPSA) is 112 Å². The minimum absolute atomic E-state index is 0.0224. The van der Waals surface area contributed by atoms with Gasteiger partial charge >= 0.3 is 18.1 Å². The van der Waals surface area contributed by atoms with E-state index in [1.165, 1.54) is 97.6 Å². The molecule has 10 nitrogen and oxygen atoms in total. The second kappa shape index (κ2) is 23.4. The number of phosphoric acid groups is 1. The van der Waals surface area contributed by atoms with Gasteiger partial charge in [0.05, 0.1) is 34.4 Å². The third kappa shape index (κ3) is 25.6. The van der Waals surface area contributed by atoms with E-state index in [4.69, 9.17) is 18.0 Å². The summed E-state index contributed by atoms with van der Waals surface area (Å²) in [5.74, 6) is 0. The Morgan fingerprint density at radius 2 is 1.18 bits per heavy atom. The van der Waals surface area contributed by atoms with E-state index in [0.717, 1.165) is 23.6 Å². The molecule has 0 saturated heterocycles. The van der Waals surface area contributed by atoms with Crippen LogP contribution in [0.4, 0.5) is 0 Å². The van der Waals surface area contributed by atoms with Gasteiger partial charge in [-0.05, 0) is 6.42 Å². The Morgan fingerprint density at radius 1 is 0.725 bits per heavy atom. The van der Waals surface area contributed by atoms with Crippen LogP contribution in [-0.4, -0.2) is 96.4 Å². The van der Waals surface area contributed by atoms with Gasteiger partial charge < -0.3 is 14.1 Å². The number of hydrogen-bond donors (Lipinski definition) is 1. The van der Waals surface area contributed by atoms with Crippen molar-refractivity contribution >= 4 is 18.1 Å². The van der Waals surface area contributed by atoms with Crippen LogP contribution in [0, 0.1) is 0 Å². The molecule has 0 rings (SSSR count). The SMILES string of the molecule is CCCCCCCCCCCCCCCCCCOCC(COP(=O)(O)OCC[N+](C)(C)C)OS(=O)(=O)N(C)C. The molecule has 0 aromatic carbocycles. The van der Waals surface area contributed by atoms with Crippen LogP contribution < -0.4 is 0 Å². The van der Waals surface area contributed by atoms with Gasteiger partial charge in [-0.3, -0.25) is 9.05 Å². The van der Waals surface area contributed by atoms with Gasteiger partial charge in [0, 0.05) is 20.7 Å². The van der Waals surface area contributed by atoms with Gasteiger partial charge in [0.2, 0.25) is 0 Å². The maximum absolute atomic E-state index is 12.2. The lowest BCUT2D eigenvalue weighted by Gasteiger charge is -2.24. The van der Waals surface area contributed by atoms with E-state index in [1.54, 1.807) is 0 Å². The monoisotopic (exact) mass is 617 g/mol. The molecule has 0 bridgehead atoms. The zero-order valence-electron chi connectivity index (χ0n) is 26.5. The summed E-state index contributed by atoms with van der Waals surface area (Å²) in [5.41, 5.74) is 0. The highest BCUT2D eigenvalue weighted by atomic mass is 32.2. The number of ether oxygens (including phenoxy) is 1. The molecule has 40 heavy (non-hydrogen) atoms. The molecule has 0 aromatic rings. The van der Waals surface area contributed by atoms with Crippen molar-refractivity contribution in [1.29, 1.82) is 0 Å². The van der Waals surface area contributed by atoms with Crippen LogP contribution in [0.2, 0.25) is 0 Å². The van der Waals surface area contributed by atoms with Crippen LogP contribution in [0.15, 0.2) is 0 Å². The number of rotatable bonds is 29. The molecule has 242 valence electrons. The lowest BCUT2D eigenvalue weighted by Crippen LogP contribution is -2.37. The molecule has 0 saturated carbocycles. The summed E-state index contributed by atoms with van der Waals surface area (Å²) in [5, 5.41) is 0. The average molecular weight is 618 g/mol. The Balaban J connectivity index is 4.04. The van der Waals surface area contributed by atoms with Gasteiger partial charge in [0.1, 0.15) is 19.3 Å². The van der Waals surface area contributed by atoms with Crippen LogP contribution in [0.25, 0.3) is 0 Å². The molecule has 0 fully saturated rings. The molecule has 0 aliphatic heterocycles. The Morgan fingerprint density at radius 3 is 1.60 bits per heavy atom. The molecule has 1 N–H and O–H groups in total. The van der Waals surface area contributed by atoms with E-state index in [2.05, 4.69) is 6.92 Å². The molecule has 0 aliphatic rings. The van der Waals surface area contributed by atoms with Crippen molar-refractivity contribution in [1.82, 2.24) is 4.31 Å². The summed E-state index contributed by atoms with van der Waals surface area (Å²) in [7, 11) is 0.104. The molecule has 12 heteroatoms. The number of quaternary nitrogens is 1. The number of nitrogens with zero attached hydrogens (tertiary/aromatic N) is 2. The predicted octanol–water partition coefficient (Wildman–Crippen LogP) is 6.30. The molecule has 0 heterocycles. The van der Waals surface area contributed by atoms with Gasteiger partial charge in [0.25, 0.3) is 0 Å². The first kappa shape index (κ1) is 39.9. The quantitative estimate of drug-likeness (QED) is 0.0592. The molecular formula is C28H62N2O8PS+. The zero-order valence-corrected chi connectivity index (χ0v) is 28.2. The number of unbranched alkanes of at least 4 members (excludes halogenated alkanes) is 15. The first-order valence-electron chi connectivity index (χ1n) is 15.4. The van der Waals surface area contributed by atoms with Crippen molar-refractivity contribution in [2.24, 2.45) is 0 Å². The largest absolute Gasteiger partial charge is 0.472 e. The van der Waals surface area contributed by atoms with Crippen LogP contribution in [-0.2, 0) is 32.8 Å². The van der Waals surface area contributed by atoms with Crippen LogP contribution >= 0.6 is 7.82 Å². The van der Waals surface area contributed by atoms with Crippen LogP contribution in [0.3, 0.4) is 0 Å². The Bertz CT molecular complexity index is 747. The summed E-state index contributed by atoms with van der Waals surface area (Å²) in [6.07, 6.45) is 19.5. The number of phosphoric ester groups is 1. The summed E-state index contributed by atoms with van der Waals surface area (Å²) in [6.45, 7) is 2.71. The van der Waals surface area contributed by atoms with Gasteiger partial charge in [0.15, 0.2) is 0 Å². The van der Waals surface area contributed by atoms with E-state index in [0.29, 0.717) is 17.6 Å². The van der Waals surface area contributed by atoms with E-state index in [1.807, 2.05) is 21.1 Å². The van der Waals surface area contributed by atoms with Crippen molar-refractivity contribution in [3.63, 3.8) is 0 Å². The van der Waals surface area contributed by atoms with Crippen molar-refractivity contribution in [2.75, 3.05) is 68.2 Å². The fraction of sp³-hybridized carbons (Fsp3) is 1.00. The first-order valence-corrected chi connectivity index (χ1v) is 18.3. The second-order valence-corrected chi connectivity index (χ2v) is 15.2. The van der Waals surface area contributed by atoms with E-state index < -0.39 is 30.8 Å². The summed E-state index contributed by atoms with van der Waals surface area (Å²) in [6, 6.07) is 0. The molecular weight excluding hydrogens is 555 g/mol. The molecule has 0 amide bonds.